The van der Waals surface area contributed by atoms with Gasteiger partial charge in [0.2, 0.25) is 5.79 Å². The van der Waals surface area contributed by atoms with E-state index in [1.54, 1.807) is 18.2 Å². The highest BCUT2D eigenvalue weighted by Gasteiger charge is 2.41. The van der Waals surface area contributed by atoms with E-state index in [4.69, 9.17) is 16.3 Å². The Kier molecular flexibility index (Phi) is 1.62. The van der Waals surface area contributed by atoms with Crippen LogP contribution in [-0.2, 0) is 10.5 Å². The van der Waals surface area contributed by atoms with Gasteiger partial charge < -0.3 is 9.84 Å². The Bertz CT molecular complexity index is 384. The summed E-state index contributed by atoms with van der Waals surface area (Å²) in [7, 11) is 0. The normalized spacial score (nSPS) is 25.6. The zero-order valence-corrected chi connectivity index (χ0v) is 7.63. The molecule has 1 aromatic rings. The van der Waals surface area contributed by atoms with Gasteiger partial charge in [0.15, 0.2) is 0 Å². The highest BCUT2D eigenvalue weighted by molar-refractivity contribution is 6.34. The number of fused-ring (bicyclic) bond motifs is 1. The number of carbonyl (C=O) groups excluding carboxylic acids is 1. The maximum Gasteiger partial charge on any atom is 0.342 e. The number of aliphatic hydroxyl groups is 1. The summed E-state index contributed by atoms with van der Waals surface area (Å²) >= 11 is 5.78. The Labute approximate surface area is 79.9 Å². The number of benzene rings is 1. The molecule has 0 fully saturated rings. The second-order valence-electron chi connectivity index (χ2n) is 3.03. The van der Waals surface area contributed by atoms with Crippen molar-refractivity contribution in [2.45, 2.75) is 12.7 Å². The molecule has 1 unspecified atom stereocenters. The minimum absolute atomic E-state index is 0.258. The van der Waals surface area contributed by atoms with Crippen LogP contribution in [0.1, 0.15) is 22.8 Å². The first-order valence-corrected chi connectivity index (χ1v) is 4.15. The monoisotopic (exact) mass is 198 g/mol. The van der Waals surface area contributed by atoms with E-state index >= 15 is 0 Å². The molecule has 68 valence electrons. The van der Waals surface area contributed by atoms with Crippen molar-refractivity contribution in [2.24, 2.45) is 0 Å². The predicted octanol–water partition coefficient (Wildman–Crippen LogP) is 1.68. The molecule has 0 bridgehead atoms. The lowest BCUT2D eigenvalue weighted by Crippen LogP contribution is -2.20. The van der Waals surface area contributed by atoms with Gasteiger partial charge in [0.05, 0.1) is 10.6 Å². The van der Waals surface area contributed by atoms with Crippen LogP contribution in [0.2, 0.25) is 5.02 Å². The van der Waals surface area contributed by atoms with Crippen molar-refractivity contribution in [3.8, 4) is 0 Å². The van der Waals surface area contributed by atoms with Crippen LogP contribution in [0.5, 0.6) is 0 Å². The largest absolute Gasteiger partial charge is 0.425 e. The van der Waals surface area contributed by atoms with E-state index < -0.39 is 11.8 Å². The van der Waals surface area contributed by atoms with Crippen molar-refractivity contribution >= 4 is 17.6 Å². The molecule has 13 heavy (non-hydrogen) atoms. The summed E-state index contributed by atoms with van der Waals surface area (Å²) in [5.74, 6) is -2.12. The molecule has 0 aliphatic carbocycles. The first-order valence-electron chi connectivity index (χ1n) is 3.77. The minimum atomic E-state index is -1.54. The summed E-state index contributed by atoms with van der Waals surface area (Å²) in [5, 5.41) is 9.95. The molecular weight excluding hydrogens is 192 g/mol. The smallest absolute Gasteiger partial charge is 0.342 e. The average molecular weight is 199 g/mol. The molecule has 0 aromatic heterocycles. The van der Waals surface area contributed by atoms with E-state index in [0.717, 1.165) is 0 Å². The average Bonchev–Trinajstić information content (AvgIpc) is 2.24. The van der Waals surface area contributed by atoms with Gasteiger partial charge in [0, 0.05) is 12.5 Å². The highest BCUT2D eigenvalue weighted by atomic mass is 35.5. The molecule has 1 aliphatic rings. The van der Waals surface area contributed by atoms with Crippen LogP contribution in [0, 0.1) is 0 Å². The van der Waals surface area contributed by atoms with Crippen LogP contribution in [0.15, 0.2) is 18.2 Å². The SMILES string of the molecule is CC1(O)OC(=O)c2c(Cl)cccc21. The molecule has 1 aliphatic heterocycles. The molecule has 3 nitrogen and oxygen atoms in total. The zero-order valence-electron chi connectivity index (χ0n) is 6.87. The Morgan fingerprint density at radius 3 is 2.85 bits per heavy atom. The van der Waals surface area contributed by atoms with E-state index in [1.807, 2.05) is 0 Å². The van der Waals surface area contributed by atoms with Crippen LogP contribution in [0.4, 0.5) is 0 Å². The summed E-state index contributed by atoms with van der Waals surface area (Å²) in [6.45, 7) is 1.41. The lowest BCUT2D eigenvalue weighted by molar-refractivity contribution is -0.147. The van der Waals surface area contributed by atoms with Crippen molar-refractivity contribution in [1.82, 2.24) is 0 Å². The van der Waals surface area contributed by atoms with E-state index in [2.05, 4.69) is 0 Å². The summed E-state index contributed by atoms with van der Waals surface area (Å²) in [4.78, 5) is 11.2. The third-order valence-corrected chi connectivity index (χ3v) is 2.32. The van der Waals surface area contributed by atoms with Gasteiger partial charge in [0.1, 0.15) is 0 Å². The summed E-state index contributed by atoms with van der Waals surface area (Å²) in [5.41, 5.74) is 0.680. The molecule has 0 saturated carbocycles. The molecule has 1 atom stereocenters. The molecule has 1 heterocycles. The van der Waals surface area contributed by atoms with Crippen molar-refractivity contribution in [1.29, 1.82) is 0 Å². The van der Waals surface area contributed by atoms with E-state index in [0.29, 0.717) is 10.6 Å². The molecule has 4 heteroatoms. The van der Waals surface area contributed by atoms with Crippen LogP contribution in [0.25, 0.3) is 0 Å². The van der Waals surface area contributed by atoms with Crippen molar-refractivity contribution < 1.29 is 14.6 Å². The number of halogens is 1. The lowest BCUT2D eigenvalue weighted by Gasteiger charge is -2.15. The van der Waals surface area contributed by atoms with E-state index in [1.165, 1.54) is 6.92 Å². The topological polar surface area (TPSA) is 46.5 Å². The Balaban J connectivity index is 2.72. The summed E-state index contributed by atoms with van der Waals surface area (Å²) in [6.07, 6.45) is 0. The fourth-order valence-corrected chi connectivity index (χ4v) is 1.66. The van der Waals surface area contributed by atoms with Gasteiger partial charge in [-0.3, -0.25) is 0 Å². The molecule has 0 radical (unpaired) electrons. The number of carbonyl (C=O) groups is 1. The van der Waals surface area contributed by atoms with E-state index in [9.17, 15) is 9.90 Å². The minimum Gasteiger partial charge on any atom is -0.425 e. The van der Waals surface area contributed by atoms with Crippen LogP contribution in [0.3, 0.4) is 0 Å². The van der Waals surface area contributed by atoms with Crippen LogP contribution >= 0.6 is 11.6 Å². The van der Waals surface area contributed by atoms with Gasteiger partial charge in [-0.15, -0.1) is 0 Å². The van der Waals surface area contributed by atoms with Crippen LogP contribution < -0.4 is 0 Å². The number of esters is 1. The third kappa shape index (κ3) is 1.12. The summed E-state index contributed by atoms with van der Waals surface area (Å²) in [6, 6.07) is 4.87. The number of ether oxygens (including phenoxy) is 1. The van der Waals surface area contributed by atoms with Gasteiger partial charge in [-0.25, -0.2) is 4.79 Å². The van der Waals surface area contributed by atoms with Gasteiger partial charge in [-0.1, -0.05) is 23.7 Å². The second kappa shape index (κ2) is 2.47. The first kappa shape index (κ1) is 8.53. The van der Waals surface area contributed by atoms with Gasteiger partial charge in [0.25, 0.3) is 0 Å². The van der Waals surface area contributed by atoms with E-state index in [-0.39, 0.29) is 5.56 Å². The number of hydrogen-bond donors (Lipinski definition) is 1. The number of hydrogen-bond acceptors (Lipinski definition) is 3. The van der Waals surface area contributed by atoms with Gasteiger partial charge in [-0.05, 0) is 6.07 Å². The van der Waals surface area contributed by atoms with Gasteiger partial charge >= 0.3 is 5.97 Å². The predicted molar refractivity (Wildman–Crippen MR) is 46.4 cm³/mol. The van der Waals surface area contributed by atoms with Crippen molar-refractivity contribution in [3.63, 3.8) is 0 Å². The molecule has 1 aromatic carbocycles. The Hall–Kier alpha value is -1.06. The lowest BCUT2D eigenvalue weighted by atomic mass is 10.0. The fraction of sp³-hybridized carbons (Fsp3) is 0.222. The Morgan fingerprint density at radius 1 is 1.54 bits per heavy atom. The highest BCUT2D eigenvalue weighted by Crippen LogP contribution is 2.37. The quantitative estimate of drug-likeness (QED) is 0.646. The molecule has 0 saturated heterocycles. The molecule has 1 N–H and O–H groups in total. The van der Waals surface area contributed by atoms with Crippen LogP contribution in [-0.4, -0.2) is 11.1 Å². The van der Waals surface area contributed by atoms with Crippen molar-refractivity contribution in [2.75, 3.05) is 0 Å². The standard InChI is InChI=1S/C9H7ClO3/c1-9(12)5-3-2-4-6(10)7(5)8(11)13-9/h2-4,12H,1H3. The fourth-order valence-electron chi connectivity index (χ4n) is 1.40. The second-order valence-corrected chi connectivity index (χ2v) is 3.44. The molecule has 0 spiro atoms. The maximum absolute atomic E-state index is 11.2. The number of rotatable bonds is 0. The number of cyclic esters (lactones) is 1. The van der Waals surface area contributed by atoms with Crippen molar-refractivity contribution in [3.05, 3.63) is 34.3 Å². The van der Waals surface area contributed by atoms with Gasteiger partial charge in [-0.2, -0.15) is 0 Å². The molecular formula is C9H7ClO3. The molecule has 0 amide bonds. The zero-order chi connectivity index (χ0) is 9.64. The maximum atomic E-state index is 11.2. The Morgan fingerprint density at radius 2 is 2.23 bits per heavy atom. The molecule has 2 rings (SSSR count). The third-order valence-electron chi connectivity index (χ3n) is 2.01. The first-order chi connectivity index (χ1) is 6.02. The summed E-state index contributed by atoms with van der Waals surface area (Å²) < 4.78 is 4.73.